The minimum absolute atomic E-state index is 0.143. The second-order valence-corrected chi connectivity index (χ2v) is 6.30. The third-order valence-electron chi connectivity index (χ3n) is 3.91. The molecule has 1 aliphatic heterocycles. The van der Waals surface area contributed by atoms with Crippen molar-refractivity contribution >= 4 is 57.9 Å². The van der Waals surface area contributed by atoms with Crippen LogP contribution in [-0.2, 0) is 0 Å². The van der Waals surface area contributed by atoms with Gasteiger partial charge < -0.3 is 15.6 Å². The second-order valence-electron chi connectivity index (χ2n) is 5.48. The summed E-state index contributed by atoms with van der Waals surface area (Å²) < 4.78 is 13.4. The van der Waals surface area contributed by atoms with Gasteiger partial charge in [0.1, 0.15) is 11.6 Å². The molecule has 0 radical (unpaired) electrons. The lowest BCUT2D eigenvalue weighted by atomic mass is 10.1. The number of rotatable bonds is 2. The maximum atomic E-state index is 13.4. The van der Waals surface area contributed by atoms with Crippen LogP contribution in [0.3, 0.4) is 0 Å². The molecule has 3 N–H and O–H groups in total. The number of hydrogen-bond donors (Lipinski definition) is 3. The minimum atomic E-state index is -0.523. The number of pyridine rings is 2. The van der Waals surface area contributed by atoms with E-state index in [4.69, 9.17) is 23.2 Å². The van der Waals surface area contributed by atoms with Crippen molar-refractivity contribution in [1.82, 2.24) is 15.3 Å². The highest BCUT2D eigenvalue weighted by molar-refractivity contribution is 6.39. The molecule has 0 unspecified atom stereocenters. The Hall–Kier alpha value is -2.57. The lowest BCUT2D eigenvalue weighted by molar-refractivity contribution is 0.628. The van der Waals surface area contributed by atoms with Crippen molar-refractivity contribution in [1.29, 1.82) is 0 Å². The van der Waals surface area contributed by atoms with E-state index in [-0.39, 0.29) is 15.6 Å². The zero-order chi connectivity index (χ0) is 17.6. The summed E-state index contributed by atoms with van der Waals surface area (Å²) >= 11 is 12.2. The van der Waals surface area contributed by atoms with Crippen molar-refractivity contribution < 1.29 is 4.39 Å². The minimum Gasteiger partial charge on any atom is -0.387 e. The number of benzene rings is 1. The van der Waals surface area contributed by atoms with E-state index in [0.717, 1.165) is 10.4 Å². The standard InChI is InChI=1S/C17H11Cl2FN4O/c18-11-5-8(20)6-12(19)15(11)24-16-9-1-3-21-7-10(9)14-13(23-16)2-4-22-17(14)25/h1-2,4-7,21H,3H2,(H,22,25)(H,23,24). The number of hydrogen-bond acceptors (Lipinski definition) is 4. The molecular formula is C17H11Cl2FN4O. The van der Waals surface area contributed by atoms with E-state index < -0.39 is 5.82 Å². The van der Waals surface area contributed by atoms with Gasteiger partial charge in [-0.05, 0) is 18.2 Å². The van der Waals surface area contributed by atoms with E-state index in [1.54, 1.807) is 12.3 Å². The Morgan fingerprint density at radius 2 is 1.96 bits per heavy atom. The summed E-state index contributed by atoms with van der Waals surface area (Å²) in [6.45, 7) is 0.588. The molecule has 0 spiro atoms. The predicted molar refractivity (Wildman–Crippen MR) is 98.2 cm³/mol. The van der Waals surface area contributed by atoms with Gasteiger partial charge in [-0.1, -0.05) is 29.3 Å². The molecule has 25 heavy (non-hydrogen) atoms. The fourth-order valence-electron chi connectivity index (χ4n) is 2.82. The van der Waals surface area contributed by atoms with Crippen molar-refractivity contribution in [2.75, 3.05) is 11.9 Å². The van der Waals surface area contributed by atoms with Gasteiger partial charge >= 0.3 is 0 Å². The van der Waals surface area contributed by atoms with E-state index in [0.29, 0.717) is 29.0 Å². The summed E-state index contributed by atoms with van der Waals surface area (Å²) in [6.07, 6.45) is 5.21. The average Bonchev–Trinajstić information content (AvgIpc) is 2.58. The van der Waals surface area contributed by atoms with Crippen molar-refractivity contribution in [2.45, 2.75) is 0 Å². The Labute approximate surface area is 150 Å². The Morgan fingerprint density at radius 1 is 1.20 bits per heavy atom. The Balaban J connectivity index is 2.00. The van der Waals surface area contributed by atoms with Crippen LogP contribution >= 0.6 is 23.2 Å². The van der Waals surface area contributed by atoms with Gasteiger partial charge in [0.05, 0.1) is 26.6 Å². The second kappa shape index (κ2) is 6.06. The molecular weight excluding hydrogens is 366 g/mol. The molecule has 2 aromatic heterocycles. The fraction of sp³-hybridized carbons (Fsp3) is 0.0588. The van der Waals surface area contributed by atoms with Crippen LogP contribution in [0.1, 0.15) is 0 Å². The summed E-state index contributed by atoms with van der Waals surface area (Å²) in [6, 6.07) is 4.05. The Morgan fingerprint density at radius 3 is 2.72 bits per heavy atom. The summed E-state index contributed by atoms with van der Waals surface area (Å²) in [5.41, 5.74) is 0.655. The van der Waals surface area contributed by atoms with Gasteiger partial charge in [-0.3, -0.25) is 4.79 Å². The monoisotopic (exact) mass is 376 g/mol. The molecule has 0 amide bonds. The number of nitrogens with one attached hydrogen (secondary N) is 3. The zero-order valence-corrected chi connectivity index (χ0v) is 14.2. The molecule has 1 aliphatic rings. The highest BCUT2D eigenvalue weighted by atomic mass is 35.5. The van der Waals surface area contributed by atoms with Crippen LogP contribution in [-0.4, -0.2) is 16.5 Å². The molecule has 0 atom stereocenters. The quantitative estimate of drug-likeness (QED) is 0.641. The van der Waals surface area contributed by atoms with Gasteiger partial charge in [0.25, 0.3) is 5.56 Å². The molecule has 0 bridgehead atoms. The van der Waals surface area contributed by atoms with Gasteiger partial charge in [-0.25, -0.2) is 9.37 Å². The first kappa shape index (κ1) is 15.9. The zero-order valence-electron chi connectivity index (χ0n) is 12.7. The number of aromatic amines is 1. The Kier molecular flexibility index (Phi) is 3.86. The third-order valence-corrected chi connectivity index (χ3v) is 4.50. The number of anilines is 2. The first-order valence-corrected chi connectivity index (χ1v) is 8.17. The van der Waals surface area contributed by atoms with Crippen LogP contribution in [0.4, 0.5) is 15.9 Å². The first-order chi connectivity index (χ1) is 12.0. The lowest BCUT2D eigenvalue weighted by Crippen LogP contribution is -2.38. The van der Waals surface area contributed by atoms with Crippen molar-refractivity contribution in [3.8, 4) is 0 Å². The van der Waals surface area contributed by atoms with Gasteiger partial charge in [0.2, 0.25) is 0 Å². The van der Waals surface area contributed by atoms with Gasteiger partial charge in [-0.2, -0.15) is 0 Å². The normalized spacial score (nSPS) is 12.8. The molecule has 0 fully saturated rings. The molecule has 1 aromatic carbocycles. The summed E-state index contributed by atoms with van der Waals surface area (Å²) in [5.74, 6) is -0.0362. The molecule has 3 heterocycles. The molecule has 0 saturated heterocycles. The van der Waals surface area contributed by atoms with Crippen LogP contribution in [0.2, 0.25) is 10.0 Å². The van der Waals surface area contributed by atoms with Gasteiger partial charge in [0.15, 0.2) is 0 Å². The maximum absolute atomic E-state index is 13.4. The van der Waals surface area contributed by atoms with E-state index in [1.165, 1.54) is 18.3 Å². The number of aromatic nitrogens is 2. The summed E-state index contributed by atoms with van der Waals surface area (Å²) in [4.78, 5) is 19.4. The van der Waals surface area contributed by atoms with Crippen LogP contribution < -0.4 is 26.6 Å². The smallest absolute Gasteiger partial charge is 0.258 e. The highest BCUT2D eigenvalue weighted by Gasteiger charge is 2.14. The lowest BCUT2D eigenvalue weighted by Gasteiger charge is -2.14. The SMILES string of the molecule is O=c1[nH]ccc2nc(Nc3c(Cl)cc(F)cc3Cl)c3c(c12)=CNCC=3. The van der Waals surface area contributed by atoms with E-state index >= 15 is 0 Å². The number of nitrogens with zero attached hydrogens (tertiary/aromatic N) is 1. The van der Waals surface area contributed by atoms with Crippen LogP contribution in [0.5, 0.6) is 0 Å². The number of H-pyrrole nitrogens is 1. The molecule has 3 aromatic rings. The molecule has 5 nitrogen and oxygen atoms in total. The highest BCUT2D eigenvalue weighted by Crippen LogP contribution is 2.32. The molecule has 0 saturated carbocycles. The molecule has 126 valence electrons. The molecule has 0 aliphatic carbocycles. The van der Waals surface area contributed by atoms with Crippen LogP contribution in [0, 0.1) is 5.82 Å². The van der Waals surface area contributed by atoms with E-state index in [9.17, 15) is 9.18 Å². The first-order valence-electron chi connectivity index (χ1n) is 7.41. The molecule has 4 rings (SSSR count). The van der Waals surface area contributed by atoms with E-state index in [1.807, 2.05) is 6.08 Å². The average molecular weight is 377 g/mol. The van der Waals surface area contributed by atoms with Crippen molar-refractivity contribution in [3.63, 3.8) is 0 Å². The fourth-order valence-corrected chi connectivity index (χ4v) is 3.37. The van der Waals surface area contributed by atoms with Crippen molar-refractivity contribution in [2.24, 2.45) is 0 Å². The van der Waals surface area contributed by atoms with Crippen LogP contribution in [0.25, 0.3) is 23.2 Å². The largest absolute Gasteiger partial charge is 0.387 e. The summed E-state index contributed by atoms with van der Waals surface area (Å²) in [5, 5.41) is 8.41. The summed E-state index contributed by atoms with van der Waals surface area (Å²) in [7, 11) is 0. The number of fused-ring (bicyclic) bond motifs is 3. The van der Waals surface area contributed by atoms with Gasteiger partial charge in [0, 0.05) is 29.4 Å². The predicted octanol–water partition coefficient (Wildman–Crippen LogP) is 2.23. The van der Waals surface area contributed by atoms with Crippen LogP contribution in [0.15, 0.2) is 29.2 Å². The van der Waals surface area contributed by atoms with E-state index in [2.05, 4.69) is 20.6 Å². The Bertz CT molecular complexity index is 1170. The topological polar surface area (TPSA) is 69.8 Å². The third kappa shape index (κ3) is 2.73. The van der Waals surface area contributed by atoms with Crippen molar-refractivity contribution in [3.05, 3.63) is 61.0 Å². The number of halogens is 3. The van der Waals surface area contributed by atoms with Gasteiger partial charge in [-0.15, -0.1) is 0 Å². The maximum Gasteiger partial charge on any atom is 0.258 e. The molecule has 8 heteroatoms.